The molecule has 0 fully saturated rings. The standard InChI is InChI=1S/C18H15N5/c19-11-15-8-5-13(6-9-15)4-7-14-2-1-3-16(10-14)18(21)17(12-20)23-22/h1-10,17-18,22H,21H2/b7-4+,23-22?. The van der Waals surface area contributed by atoms with Crippen molar-refractivity contribution in [2.75, 3.05) is 0 Å². The molecule has 0 aliphatic rings. The van der Waals surface area contributed by atoms with E-state index in [0.29, 0.717) is 5.56 Å². The third-order valence-corrected chi connectivity index (χ3v) is 3.42. The lowest BCUT2D eigenvalue weighted by Crippen LogP contribution is -2.23. The number of rotatable bonds is 5. The highest BCUT2D eigenvalue weighted by molar-refractivity contribution is 5.70. The number of benzene rings is 2. The van der Waals surface area contributed by atoms with Crippen molar-refractivity contribution in [3.05, 3.63) is 70.8 Å². The second-order valence-electron chi connectivity index (χ2n) is 4.97. The smallest absolute Gasteiger partial charge is 0.176 e. The van der Waals surface area contributed by atoms with Crippen molar-refractivity contribution in [3.8, 4) is 12.1 Å². The van der Waals surface area contributed by atoms with Gasteiger partial charge in [0, 0.05) is 0 Å². The molecule has 0 saturated carbocycles. The molecule has 2 unspecified atom stereocenters. The maximum atomic E-state index is 8.94. The second-order valence-corrected chi connectivity index (χ2v) is 4.97. The van der Waals surface area contributed by atoms with Crippen molar-refractivity contribution in [2.24, 2.45) is 10.8 Å². The molecule has 0 aliphatic carbocycles. The van der Waals surface area contributed by atoms with Crippen LogP contribution in [0, 0.1) is 28.2 Å². The van der Waals surface area contributed by atoms with Crippen molar-refractivity contribution in [1.82, 2.24) is 0 Å². The van der Waals surface area contributed by atoms with Gasteiger partial charge >= 0.3 is 0 Å². The molecule has 0 aliphatic heterocycles. The molecule has 5 nitrogen and oxygen atoms in total. The van der Waals surface area contributed by atoms with E-state index in [9.17, 15) is 0 Å². The highest BCUT2D eigenvalue weighted by atomic mass is 15.0. The lowest BCUT2D eigenvalue weighted by molar-refractivity contribution is 0.611. The summed E-state index contributed by atoms with van der Waals surface area (Å²) in [7, 11) is 0. The Morgan fingerprint density at radius 1 is 1.04 bits per heavy atom. The van der Waals surface area contributed by atoms with Gasteiger partial charge in [0.2, 0.25) is 0 Å². The number of nitrogens with zero attached hydrogens (tertiary/aromatic N) is 3. The minimum Gasteiger partial charge on any atom is -0.321 e. The molecule has 5 heteroatoms. The number of nitriles is 2. The Morgan fingerprint density at radius 2 is 1.74 bits per heavy atom. The van der Waals surface area contributed by atoms with Crippen LogP contribution in [0.3, 0.4) is 0 Å². The number of hydrogen-bond donors (Lipinski definition) is 2. The maximum Gasteiger partial charge on any atom is 0.176 e. The number of nitrogens with two attached hydrogens (primary N) is 1. The molecule has 2 aromatic carbocycles. The van der Waals surface area contributed by atoms with Crippen molar-refractivity contribution >= 4 is 12.2 Å². The molecule has 0 heterocycles. The van der Waals surface area contributed by atoms with Gasteiger partial charge in [0.15, 0.2) is 6.04 Å². The molecular weight excluding hydrogens is 286 g/mol. The monoisotopic (exact) mass is 301 g/mol. The first kappa shape index (κ1) is 16.1. The predicted octanol–water partition coefficient (Wildman–Crippen LogP) is 3.65. The molecule has 0 spiro atoms. The summed E-state index contributed by atoms with van der Waals surface area (Å²) < 4.78 is 0. The van der Waals surface area contributed by atoms with E-state index >= 15 is 0 Å². The topological polar surface area (TPSA) is 110 Å². The average molecular weight is 301 g/mol. The summed E-state index contributed by atoms with van der Waals surface area (Å²) in [5, 5.41) is 21.0. The van der Waals surface area contributed by atoms with E-state index < -0.39 is 12.1 Å². The highest BCUT2D eigenvalue weighted by Crippen LogP contribution is 2.19. The van der Waals surface area contributed by atoms with Gasteiger partial charge in [0.25, 0.3) is 0 Å². The van der Waals surface area contributed by atoms with Crippen molar-refractivity contribution in [1.29, 1.82) is 16.1 Å². The predicted molar refractivity (Wildman–Crippen MR) is 88.0 cm³/mol. The average Bonchev–Trinajstić information content (AvgIpc) is 2.61. The third-order valence-electron chi connectivity index (χ3n) is 3.42. The summed E-state index contributed by atoms with van der Waals surface area (Å²) in [6.07, 6.45) is 3.86. The number of nitrogens with one attached hydrogen (secondary N) is 1. The Balaban J connectivity index is 2.19. The van der Waals surface area contributed by atoms with Gasteiger partial charge in [-0.3, -0.25) is 0 Å². The molecular formula is C18H15N5. The van der Waals surface area contributed by atoms with Gasteiger partial charge in [-0.2, -0.15) is 15.6 Å². The van der Waals surface area contributed by atoms with Gasteiger partial charge in [-0.25, -0.2) is 5.53 Å². The van der Waals surface area contributed by atoms with E-state index in [-0.39, 0.29) is 0 Å². The van der Waals surface area contributed by atoms with Crippen LogP contribution in [0.1, 0.15) is 28.3 Å². The zero-order valence-electron chi connectivity index (χ0n) is 12.3. The first-order chi connectivity index (χ1) is 11.2. The van der Waals surface area contributed by atoms with E-state index in [1.165, 1.54) is 0 Å². The summed E-state index contributed by atoms with van der Waals surface area (Å²) in [4.78, 5) is 0. The van der Waals surface area contributed by atoms with Crippen LogP contribution in [0.2, 0.25) is 0 Å². The van der Waals surface area contributed by atoms with Gasteiger partial charge in [-0.1, -0.05) is 48.6 Å². The zero-order chi connectivity index (χ0) is 16.7. The van der Waals surface area contributed by atoms with Gasteiger partial charge in [0.1, 0.15) is 0 Å². The first-order valence-corrected chi connectivity index (χ1v) is 6.98. The fraction of sp³-hybridized carbons (Fsp3) is 0.111. The summed E-state index contributed by atoms with van der Waals surface area (Å²) in [5.74, 6) is 0. The van der Waals surface area contributed by atoms with E-state index in [4.69, 9.17) is 21.8 Å². The molecule has 23 heavy (non-hydrogen) atoms. The fourth-order valence-electron chi connectivity index (χ4n) is 2.10. The largest absolute Gasteiger partial charge is 0.321 e. The quantitative estimate of drug-likeness (QED) is 0.649. The van der Waals surface area contributed by atoms with Crippen LogP contribution < -0.4 is 5.73 Å². The maximum absolute atomic E-state index is 8.94. The lowest BCUT2D eigenvalue weighted by Gasteiger charge is -2.13. The van der Waals surface area contributed by atoms with Crippen LogP contribution in [-0.4, -0.2) is 6.04 Å². The first-order valence-electron chi connectivity index (χ1n) is 6.98. The minimum atomic E-state index is -0.882. The van der Waals surface area contributed by atoms with Crippen molar-refractivity contribution in [2.45, 2.75) is 12.1 Å². The summed E-state index contributed by atoms with van der Waals surface area (Å²) >= 11 is 0. The third kappa shape index (κ3) is 4.10. The van der Waals surface area contributed by atoms with Gasteiger partial charge in [0.05, 0.1) is 23.7 Å². The molecule has 2 atom stereocenters. The highest BCUT2D eigenvalue weighted by Gasteiger charge is 2.18. The Morgan fingerprint density at radius 3 is 2.35 bits per heavy atom. The van der Waals surface area contributed by atoms with Crippen LogP contribution in [0.5, 0.6) is 0 Å². The van der Waals surface area contributed by atoms with Crippen LogP contribution in [-0.2, 0) is 0 Å². The molecule has 0 amide bonds. The van der Waals surface area contributed by atoms with Crippen LogP contribution in [0.25, 0.3) is 12.2 Å². The summed E-state index contributed by atoms with van der Waals surface area (Å²) in [6, 6.07) is 17.2. The van der Waals surface area contributed by atoms with E-state index in [2.05, 4.69) is 11.2 Å². The molecule has 112 valence electrons. The molecule has 0 saturated heterocycles. The Kier molecular flexibility index (Phi) is 5.35. The zero-order valence-corrected chi connectivity index (χ0v) is 12.3. The second kappa shape index (κ2) is 7.65. The van der Waals surface area contributed by atoms with Crippen LogP contribution >= 0.6 is 0 Å². The van der Waals surface area contributed by atoms with Gasteiger partial charge in [-0.05, 0) is 28.8 Å². The minimum absolute atomic E-state index is 0.622. The Bertz CT molecular complexity index is 793. The lowest BCUT2D eigenvalue weighted by atomic mass is 9.99. The normalized spacial score (nSPS) is 13.0. The molecule has 2 rings (SSSR count). The van der Waals surface area contributed by atoms with Crippen molar-refractivity contribution < 1.29 is 0 Å². The number of hydrogen-bond acceptors (Lipinski definition) is 5. The molecule has 3 N–H and O–H groups in total. The molecule has 0 radical (unpaired) electrons. The van der Waals surface area contributed by atoms with Crippen LogP contribution in [0.4, 0.5) is 0 Å². The fourth-order valence-corrected chi connectivity index (χ4v) is 2.10. The van der Waals surface area contributed by atoms with E-state index in [1.54, 1.807) is 12.1 Å². The Labute approximate surface area is 134 Å². The van der Waals surface area contributed by atoms with Crippen molar-refractivity contribution in [3.63, 3.8) is 0 Å². The molecule has 2 aromatic rings. The molecule has 0 aromatic heterocycles. The van der Waals surface area contributed by atoms with Gasteiger partial charge in [-0.15, -0.1) is 0 Å². The van der Waals surface area contributed by atoms with E-state index in [1.807, 2.05) is 54.6 Å². The van der Waals surface area contributed by atoms with Crippen LogP contribution in [0.15, 0.2) is 53.6 Å². The Hall–Kier alpha value is -3.28. The SMILES string of the molecule is N#Cc1ccc(/C=C/c2cccc(C(N)C(C#N)N=N)c2)cc1. The summed E-state index contributed by atoms with van der Waals surface area (Å²) in [6.45, 7) is 0. The molecule has 0 bridgehead atoms. The van der Waals surface area contributed by atoms with Gasteiger partial charge < -0.3 is 5.73 Å². The van der Waals surface area contributed by atoms with E-state index in [0.717, 1.165) is 16.7 Å². The summed E-state index contributed by atoms with van der Waals surface area (Å²) in [5.41, 5.74) is 16.3.